The van der Waals surface area contributed by atoms with E-state index in [2.05, 4.69) is 53.7 Å². The van der Waals surface area contributed by atoms with E-state index < -0.39 is 5.97 Å². The molecule has 0 aromatic heterocycles. The van der Waals surface area contributed by atoms with E-state index in [-0.39, 0.29) is 6.54 Å². The molecular weight excluding hydrogens is 288 g/mol. The topological polar surface area (TPSA) is 52.6 Å². The lowest BCUT2D eigenvalue weighted by molar-refractivity contribution is -0.135. The molecule has 0 unspecified atom stereocenters. The standard InChI is InChI=1S/C19H22N2O2/c1-21-10-9-17-16(14-5-3-2-4-6-14)8-7-15(18(17)13-21)11-20-12-19(22)23/h2-8,20H,9-13H2,1H3,(H,22,23). The van der Waals surface area contributed by atoms with Crippen LogP contribution in [-0.4, -0.2) is 36.1 Å². The van der Waals surface area contributed by atoms with Gasteiger partial charge in [0.15, 0.2) is 0 Å². The molecule has 120 valence electrons. The van der Waals surface area contributed by atoms with E-state index in [0.29, 0.717) is 6.54 Å². The Morgan fingerprint density at radius 3 is 2.70 bits per heavy atom. The Morgan fingerprint density at radius 1 is 1.17 bits per heavy atom. The van der Waals surface area contributed by atoms with Gasteiger partial charge in [0.05, 0.1) is 6.54 Å². The van der Waals surface area contributed by atoms with Gasteiger partial charge in [-0.05, 0) is 41.3 Å². The van der Waals surface area contributed by atoms with Gasteiger partial charge in [0.25, 0.3) is 0 Å². The number of fused-ring (bicyclic) bond motifs is 1. The summed E-state index contributed by atoms with van der Waals surface area (Å²) in [5.74, 6) is -0.822. The Kier molecular flexibility index (Phi) is 4.74. The molecule has 0 radical (unpaired) electrons. The van der Waals surface area contributed by atoms with Crippen LogP contribution in [0, 0.1) is 0 Å². The molecule has 23 heavy (non-hydrogen) atoms. The number of hydrogen-bond donors (Lipinski definition) is 2. The molecule has 1 heterocycles. The summed E-state index contributed by atoms with van der Waals surface area (Å²) in [5.41, 5.74) is 6.50. The molecule has 0 fully saturated rings. The van der Waals surface area contributed by atoms with E-state index in [0.717, 1.165) is 19.5 Å². The van der Waals surface area contributed by atoms with Crippen molar-refractivity contribution in [1.29, 1.82) is 0 Å². The van der Waals surface area contributed by atoms with Crippen LogP contribution >= 0.6 is 0 Å². The first-order chi connectivity index (χ1) is 11.1. The molecule has 0 bridgehead atoms. The molecule has 3 rings (SSSR count). The predicted octanol–water partition coefficient (Wildman–Crippen LogP) is 2.52. The molecule has 2 aromatic rings. The lowest BCUT2D eigenvalue weighted by Crippen LogP contribution is -2.29. The number of carboxylic acids is 1. The van der Waals surface area contributed by atoms with E-state index in [4.69, 9.17) is 5.11 Å². The van der Waals surface area contributed by atoms with Crippen molar-refractivity contribution in [2.24, 2.45) is 0 Å². The molecule has 0 saturated carbocycles. The Balaban J connectivity index is 1.95. The molecule has 4 heteroatoms. The Morgan fingerprint density at radius 2 is 1.96 bits per heavy atom. The third-order valence-corrected chi connectivity index (χ3v) is 4.38. The third kappa shape index (κ3) is 3.60. The third-order valence-electron chi connectivity index (χ3n) is 4.38. The first kappa shape index (κ1) is 15.7. The number of carbonyl (C=O) groups is 1. The van der Waals surface area contributed by atoms with Crippen molar-refractivity contribution in [3.8, 4) is 11.1 Å². The first-order valence-corrected chi connectivity index (χ1v) is 7.95. The molecule has 0 aliphatic carbocycles. The zero-order valence-corrected chi connectivity index (χ0v) is 13.4. The first-order valence-electron chi connectivity index (χ1n) is 7.95. The van der Waals surface area contributed by atoms with Crippen LogP contribution in [0.5, 0.6) is 0 Å². The Labute approximate surface area is 136 Å². The molecule has 1 aliphatic rings. The van der Waals surface area contributed by atoms with Crippen LogP contribution in [0.3, 0.4) is 0 Å². The minimum atomic E-state index is -0.822. The van der Waals surface area contributed by atoms with Crippen molar-refractivity contribution < 1.29 is 9.90 Å². The second-order valence-corrected chi connectivity index (χ2v) is 6.08. The van der Waals surface area contributed by atoms with Crippen molar-refractivity contribution in [1.82, 2.24) is 10.2 Å². The van der Waals surface area contributed by atoms with Crippen LogP contribution in [0.2, 0.25) is 0 Å². The molecule has 0 saturated heterocycles. The summed E-state index contributed by atoms with van der Waals surface area (Å²) in [5, 5.41) is 11.8. The molecule has 0 amide bonds. The number of carboxylic acid groups (broad SMARTS) is 1. The maximum atomic E-state index is 10.7. The summed E-state index contributed by atoms with van der Waals surface area (Å²) in [6.45, 7) is 2.56. The van der Waals surface area contributed by atoms with Crippen LogP contribution in [0.1, 0.15) is 16.7 Å². The number of aliphatic carboxylic acids is 1. The minimum absolute atomic E-state index is 0.00888. The lowest BCUT2D eigenvalue weighted by atomic mass is 9.87. The maximum absolute atomic E-state index is 10.7. The van der Waals surface area contributed by atoms with Gasteiger partial charge in [-0.15, -0.1) is 0 Å². The largest absolute Gasteiger partial charge is 0.480 e. The van der Waals surface area contributed by atoms with Gasteiger partial charge in [-0.3, -0.25) is 4.79 Å². The van der Waals surface area contributed by atoms with Crippen LogP contribution in [0.25, 0.3) is 11.1 Å². The van der Waals surface area contributed by atoms with Gasteiger partial charge in [0, 0.05) is 19.6 Å². The molecule has 0 atom stereocenters. The van der Waals surface area contributed by atoms with E-state index >= 15 is 0 Å². The normalized spacial score (nSPS) is 14.5. The van der Waals surface area contributed by atoms with Crippen molar-refractivity contribution >= 4 is 5.97 Å². The highest BCUT2D eigenvalue weighted by atomic mass is 16.4. The van der Waals surface area contributed by atoms with Gasteiger partial charge < -0.3 is 15.3 Å². The van der Waals surface area contributed by atoms with E-state index in [9.17, 15) is 4.79 Å². The number of nitrogens with zero attached hydrogens (tertiary/aromatic N) is 1. The van der Waals surface area contributed by atoms with Gasteiger partial charge in [0.1, 0.15) is 0 Å². The fraction of sp³-hybridized carbons (Fsp3) is 0.316. The quantitative estimate of drug-likeness (QED) is 0.891. The van der Waals surface area contributed by atoms with Gasteiger partial charge in [-0.1, -0.05) is 42.5 Å². The maximum Gasteiger partial charge on any atom is 0.317 e. The summed E-state index contributed by atoms with van der Waals surface area (Å²) in [6.07, 6.45) is 1.03. The lowest BCUT2D eigenvalue weighted by Gasteiger charge is -2.29. The summed E-state index contributed by atoms with van der Waals surface area (Å²) in [6, 6.07) is 14.8. The summed E-state index contributed by atoms with van der Waals surface area (Å²) in [7, 11) is 2.13. The van der Waals surface area contributed by atoms with E-state index in [1.54, 1.807) is 0 Å². The highest BCUT2D eigenvalue weighted by molar-refractivity contribution is 5.70. The smallest absolute Gasteiger partial charge is 0.317 e. The minimum Gasteiger partial charge on any atom is -0.480 e. The fourth-order valence-electron chi connectivity index (χ4n) is 3.23. The zero-order chi connectivity index (χ0) is 16.2. The summed E-state index contributed by atoms with van der Waals surface area (Å²) < 4.78 is 0. The highest BCUT2D eigenvalue weighted by Crippen LogP contribution is 2.32. The van der Waals surface area contributed by atoms with Crippen LogP contribution in [0.15, 0.2) is 42.5 Å². The molecule has 0 spiro atoms. The van der Waals surface area contributed by atoms with Gasteiger partial charge in [-0.2, -0.15) is 0 Å². The Hall–Kier alpha value is -2.17. The van der Waals surface area contributed by atoms with Crippen molar-refractivity contribution in [3.05, 3.63) is 59.2 Å². The SMILES string of the molecule is CN1CCc2c(-c3ccccc3)ccc(CNCC(=O)O)c2C1. The molecule has 4 nitrogen and oxygen atoms in total. The van der Waals surface area contributed by atoms with E-state index in [1.165, 1.54) is 27.8 Å². The van der Waals surface area contributed by atoms with Crippen LogP contribution in [-0.2, 0) is 24.3 Å². The molecule has 2 N–H and O–H groups in total. The number of benzene rings is 2. The van der Waals surface area contributed by atoms with Crippen LogP contribution in [0.4, 0.5) is 0 Å². The second kappa shape index (κ2) is 6.94. The predicted molar refractivity (Wildman–Crippen MR) is 91.3 cm³/mol. The molecule has 2 aromatic carbocycles. The van der Waals surface area contributed by atoms with Gasteiger partial charge in [-0.25, -0.2) is 0 Å². The summed E-state index contributed by atoms with van der Waals surface area (Å²) in [4.78, 5) is 13.0. The average molecular weight is 310 g/mol. The van der Waals surface area contributed by atoms with Crippen molar-refractivity contribution in [3.63, 3.8) is 0 Å². The highest BCUT2D eigenvalue weighted by Gasteiger charge is 2.20. The molecular formula is C19H22N2O2. The molecule has 1 aliphatic heterocycles. The Bertz CT molecular complexity index is 698. The monoisotopic (exact) mass is 310 g/mol. The van der Waals surface area contributed by atoms with Gasteiger partial charge in [0.2, 0.25) is 0 Å². The number of nitrogens with one attached hydrogen (secondary N) is 1. The average Bonchev–Trinajstić information content (AvgIpc) is 2.55. The van der Waals surface area contributed by atoms with Crippen molar-refractivity contribution in [2.75, 3.05) is 20.1 Å². The fourth-order valence-corrected chi connectivity index (χ4v) is 3.23. The van der Waals surface area contributed by atoms with Crippen LogP contribution < -0.4 is 5.32 Å². The van der Waals surface area contributed by atoms with Gasteiger partial charge >= 0.3 is 5.97 Å². The number of hydrogen-bond acceptors (Lipinski definition) is 3. The van der Waals surface area contributed by atoms with E-state index in [1.807, 2.05) is 6.07 Å². The number of likely N-dealkylation sites (N-methyl/N-ethyl adjacent to an activating group) is 1. The zero-order valence-electron chi connectivity index (χ0n) is 13.4. The number of rotatable bonds is 5. The summed E-state index contributed by atoms with van der Waals surface area (Å²) >= 11 is 0. The van der Waals surface area contributed by atoms with Crippen molar-refractivity contribution in [2.45, 2.75) is 19.5 Å². The second-order valence-electron chi connectivity index (χ2n) is 6.08.